The molecule has 1 saturated carbocycles. The molecule has 0 spiro atoms. The standard InChI is InChI=1S/C15H21NO/c1-3-12-6-4-7-13(10-12)15(17)14-8-5-9-16-11(14)2/h5,8-9,12-13H,3-4,6-7,10H2,1-2H3. The zero-order valence-corrected chi connectivity index (χ0v) is 10.8. The minimum Gasteiger partial charge on any atom is -0.294 e. The van der Waals surface area contributed by atoms with Crippen LogP contribution in [0.15, 0.2) is 18.3 Å². The van der Waals surface area contributed by atoms with Crippen LogP contribution in [-0.4, -0.2) is 10.8 Å². The van der Waals surface area contributed by atoms with Crippen molar-refractivity contribution in [3.8, 4) is 0 Å². The molecule has 17 heavy (non-hydrogen) atoms. The normalized spacial score (nSPS) is 24.6. The number of ketones is 1. The smallest absolute Gasteiger partial charge is 0.167 e. The fraction of sp³-hybridized carbons (Fsp3) is 0.600. The molecule has 0 N–H and O–H groups in total. The third-order valence-corrected chi connectivity index (χ3v) is 4.00. The van der Waals surface area contributed by atoms with Crippen molar-refractivity contribution in [2.24, 2.45) is 11.8 Å². The van der Waals surface area contributed by atoms with Gasteiger partial charge in [0.1, 0.15) is 0 Å². The maximum atomic E-state index is 12.4. The quantitative estimate of drug-likeness (QED) is 0.741. The molecular formula is C15H21NO. The zero-order valence-electron chi connectivity index (χ0n) is 10.8. The molecule has 2 heteroatoms. The fourth-order valence-corrected chi connectivity index (χ4v) is 2.86. The van der Waals surface area contributed by atoms with Crippen LogP contribution in [0.4, 0.5) is 0 Å². The summed E-state index contributed by atoms with van der Waals surface area (Å²) in [5.74, 6) is 1.29. The van der Waals surface area contributed by atoms with Gasteiger partial charge in [-0.3, -0.25) is 9.78 Å². The Hall–Kier alpha value is -1.18. The molecule has 1 aliphatic carbocycles. The van der Waals surface area contributed by atoms with Crippen molar-refractivity contribution in [3.63, 3.8) is 0 Å². The number of rotatable bonds is 3. The summed E-state index contributed by atoms with van der Waals surface area (Å²) in [6, 6.07) is 3.78. The summed E-state index contributed by atoms with van der Waals surface area (Å²) < 4.78 is 0. The van der Waals surface area contributed by atoms with Crippen molar-refractivity contribution >= 4 is 5.78 Å². The summed E-state index contributed by atoms with van der Waals surface area (Å²) in [5, 5.41) is 0. The molecule has 2 rings (SSSR count). The minimum absolute atomic E-state index is 0.233. The Morgan fingerprint density at radius 3 is 3.00 bits per heavy atom. The van der Waals surface area contributed by atoms with Crippen LogP contribution in [0.1, 0.15) is 55.1 Å². The third-order valence-electron chi connectivity index (χ3n) is 4.00. The fourth-order valence-electron chi connectivity index (χ4n) is 2.86. The number of hydrogen-bond acceptors (Lipinski definition) is 2. The molecule has 2 unspecified atom stereocenters. The monoisotopic (exact) mass is 231 g/mol. The molecular weight excluding hydrogens is 210 g/mol. The molecule has 0 saturated heterocycles. The first-order valence-corrected chi connectivity index (χ1v) is 6.68. The third kappa shape index (κ3) is 2.74. The number of aryl methyl sites for hydroxylation is 1. The lowest BCUT2D eigenvalue weighted by Crippen LogP contribution is -2.23. The van der Waals surface area contributed by atoms with E-state index < -0.39 is 0 Å². The largest absolute Gasteiger partial charge is 0.294 e. The molecule has 1 heterocycles. The van der Waals surface area contributed by atoms with Crippen LogP contribution >= 0.6 is 0 Å². The van der Waals surface area contributed by atoms with Gasteiger partial charge in [-0.15, -0.1) is 0 Å². The summed E-state index contributed by atoms with van der Waals surface area (Å²) in [6.07, 6.45) is 7.59. The molecule has 2 atom stereocenters. The molecule has 0 amide bonds. The van der Waals surface area contributed by atoms with Crippen LogP contribution in [0.2, 0.25) is 0 Å². The molecule has 0 radical (unpaired) electrons. The van der Waals surface area contributed by atoms with Gasteiger partial charge in [0.05, 0.1) is 0 Å². The summed E-state index contributed by atoms with van der Waals surface area (Å²) in [7, 11) is 0. The average molecular weight is 231 g/mol. The number of carbonyl (C=O) groups is 1. The van der Waals surface area contributed by atoms with E-state index in [1.54, 1.807) is 6.20 Å². The minimum atomic E-state index is 0.233. The van der Waals surface area contributed by atoms with E-state index in [9.17, 15) is 4.79 Å². The van der Waals surface area contributed by atoms with Gasteiger partial charge in [0.15, 0.2) is 5.78 Å². The first-order valence-electron chi connectivity index (χ1n) is 6.68. The molecule has 1 aliphatic rings. The van der Waals surface area contributed by atoms with E-state index in [-0.39, 0.29) is 5.92 Å². The average Bonchev–Trinajstić information content (AvgIpc) is 2.38. The lowest BCUT2D eigenvalue weighted by atomic mass is 9.77. The zero-order chi connectivity index (χ0) is 12.3. The van der Waals surface area contributed by atoms with E-state index in [2.05, 4.69) is 11.9 Å². The predicted molar refractivity (Wildman–Crippen MR) is 69.0 cm³/mol. The number of hydrogen-bond donors (Lipinski definition) is 0. The maximum absolute atomic E-state index is 12.4. The highest BCUT2D eigenvalue weighted by Crippen LogP contribution is 2.33. The van der Waals surface area contributed by atoms with Crippen LogP contribution in [0, 0.1) is 18.8 Å². The lowest BCUT2D eigenvalue weighted by Gasteiger charge is -2.27. The van der Waals surface area contributed by atoms with Crippen molar-refractivity contribution in [2.75, 3.05) is 0 Å². The molecule has 2 nitrogen and oxygen atoms in total. The Kier molecular flexibility index (Phi) is 3.93. The van der Waals surface area contributed by atoms with E-state index in [4.69, 9.17) is 0 Å². The molecule has 1 aromatic rings. The van der Waals surface area contributed by atoms with Crippen molar-refractivity contribution in [1.82, 2.24) is 4.98 Å². The van der Waals surface area contributed by atoms with Crippen molar-refractivity contribution in [1.29, 1.82) is 0 Å². The van der Waals surface area contributed by atoms with E-state index in [0.29, 0.717) is 5.78 Å². The maximum Gasteiger partial charge on any atom is 0.167 e. The number of aromatic nitrogens is 1. The highest BCUT2D eigenvalue weighted by atomic mass is 16.1. The van der Waals surface area contributed by atoms with Crippen LogP contribution < -0.4 is 0 Å². The Morgan fingerprint density at radius 1 is 1.47 bits per heavy atom. The van der Waals surface area contributed by atoms with Crippen LogP contribution in [-0.2, 0) is 0 Å². The van der Waals surface area contributed by atoms with Gasteiger partial charge in [-0.2, -0.15) is 0 Å². The van der Waals surface area contributed by atoms with Crippen LogP contribution in [0.25, 0.3) is 0 Å². The first kappa shape index (κ1) is 12.3. The van der Waals surface area contributed by atoms with Gasteiger partial charge >= 0.3 is 0 Å². The second kappa shape index (κ2) is 5.44. The molecule has 92 valence electrons. The second-order valence-electron chi connectivity index (χ2n) is 5.14. The van der Waals surface area contributed by atoms with E-state index >= 15 is 0 Å². The molecule has 1 fully saturated rings. The highest BCUT2D eigenvalue weighted by Gasteiger charge is 2.27. The summed E-state index contributed by atoms with van der Waals surface area (Å²) in [4.78, 5) is 16.7. The van der Waals surface area contributed by atoms with E-state index in [1.165, 1.54) is 19.3 Å². The van der Waals surface area contributed by atoms with Gasteiger partial charge in [0, 0.05) is 23.4 Å². The van der Waals surface area contributed by atoms with Gasteiger partial charge in [-0.05, 0) is 37.8 Å². The van der Waals surface area contributed by atoms with E-state index in [0.717, 1.165) is 30.0 Å². The van der Waals surface area contributed by atoms with Gasteiger partial charge in [0.25, 0.3) is 0 Å². The number of pyridine rings is 1. The van der Waals surface area contributed by atoms with Gasteiger partial charge in [-0.1, -0.05) is 26.2 Å². The van der Waals surface area contributed by atoms with Gasteiger partial charge in [0.2, 0.25) is 0 Å². The van der Waals surface area contributed by atoms with E-state index in [1.807, 2.05) is 19.1 Å². The molecule has 0 aromatic carbocycles. The first-order chi connectivity index (χ1) is 8.22. The van der Waals surface area contributed by atoms with Gasteiger partial charge in [-0.25, -0.2) is 0 Å². The number of Topliss-reactive ketones (excluding diaryl/α,β-unsaturated/α-hetero) is 1. The Morgan fingerprint density at radius 2 is 2.29 bits per heavy atom. The van der Waals surface area contributed by atoms with Crippen LogP contribution in [0.3, 0.4) is 0 Å². The Labute approximate surface area is 103 Å². The number of carbonyl (C=O) groups excluding carboxylic acids is 1. The van der Waals surface area contributed by atoms with Crippen LogP contribution in [0.5, 0.6) is 0 Å². The predicted octanol–water partition coefficient (Wildman–Crippen LogP) is 3.79. The van der Waals surface area contributed by atoms with Crippen molar-refractivity contribution in [3.05, 3.63) is 29.6 Å². The lowest BCUT2D eigenvalue weighted by molar-refractivity contribution is 0.0861. The molecule has 0 aliphatic heterocycles. The second-order valence-corrected chi connectivity index (χ2v) is 5.14. The summed E-state index contributed by atoms with van der Waals surface area (Å²) in [5.41, 5.74) is 1.70. The summed E-state index contributed by atoms with van der Waals surface area (Å²) >= 11 is 0. The Bertz CT molecular complexity index is 400. The SMILES string of the molecule is CCC1CCCC(C(=O)c2cccnc2C)C1. The highest BCUT2D eigenvalue weighted by molar-refractivity contribution is 5.98. The number of nitrogens with zero attached hydrogens (tertiary/aromatic N) is 1. The van der Waals surface area contributed by atoms with Crippen molar-refractivity contribution in [2.45, 2.75) is 46.0 Å². The molecule has 1 aromatic heterocycles. The Balaban J connectivity index is 2.12. The summed E-state index contributed by atoms with van der Waals surface area (Å²) in [6.45, 7) is 4.15. The van der Waals surface area contributed by atoms with Crippen molar-refractivity contribution < 1.29 is 4.79 Å². The van der Waals surface area contributed by atoms with Gasteiger partial charge < -0.3 is 0 Å². The topological polar surface area (TPSA) is 30.0 Å². The molecule has 0 bridgehead atoms.